The van der Waals surface area contributed by atoms with E-state index >= 15 is 0 Å². The number of rotatable bonds is 2. The molecule has 0 aromatic carbocycles. The summed E-state index contributed by atoms with van der Waals surface area (Å²) in [7, 11) is 0. The van der Waals surface area contributed by atoms with Crippen molar-refractivity contribution in [3.63, 3.8) is 0 Å². The molecular formula is C5H7O2W-. The summed E-state index contributed by atoms with van der Waals surface area (Å²) in [4.78, 5) is 10.0. The van der Waals surface area contributed by atoms with E-state index in [1.54, 1.807) is 6.92 Å². The summed E-state index contributed by atoms with van der Waals surface area (Å²) in [6.07, 6.45) is 2.05. The summed E-state index contributed by atoms with van der Waals surface area (Å²) in [5.74, 6) is -0.484. The van der Waals surface area contributed by atoms with Crippen molar-refractivity contribution in [1.29, 1.82) is 0 Å². The predicted molar refractivity (Wildman–Crippen MR) is 25.5 cm³/mol. The summed E-state index contributed by atoms with van der Waals surface area (Å²) in [5.41, 5.74) is 0. The van der Waals surface area contributed by atoms with Gasteiger partial charge >= 0.3 is 0 Å². The Kier molecular flexibility index (Phi) is 9.32. The Morgan fingerprint density at radius 3 is 2.50 bits per heavy atom. The molecule has 0 saturated heterocycles. The molecule has 0 spiro atoms. The zero-order valence-corrected chi connectivity index (χ0v) is 7.57. The van der Waals surface area contributed by atoms with Gasteiger partial charge in [-0.05, 0) is 6.92 Å². The van der Waals surface area contributed by atoms with Crippen LogP contribution in [0.15, 0.2) is 6.58 Å². The molecule has 0 bridgehead atoms. The molecule has 2 nitrogen and oxygen atoms in total. The first kappa shape index (κ1) is 10.8. The molecule has 0 aromatic rings. The van der Waals surface area contributed by atoms with Crippen LogP contribution in [0.5, 0.6) is 0 Å². The van der Waals surface area contributed by atoms with E-state index in [9.17, 15) is 4.79 Å². The summed E-state index contributed by atoms with van der Waals surface area (Å²) in [5, 5.41) is 0. The smallest absolute Gasteiger partial charge is 0.147 e. The summed E-state index contributed by atoms with van der Waals surface area (Å²) < 4.78 is 4.38. The molecule has 0 N–H and O–H groups in total. The first-order valence-corrected chi connectivity index (χ1v) is 2.01. The van der Waals surface area contributed by atoms with Crippen LogP contribution in [0.2, 0.25) is 0 Å². The van der Waals surface area contributed by atoms with Gasteiger partial charge in [-0.3, -0.25) is 11.4 Å². The van der Waals surface area contributed by atoms with Gasteiger partial charge in [0.15, 0.2) is 0 Å². The van der Waals surface area contributed by atoms with Gasteiger partial charge in [0, 0.05) is 21.1 Å². The quantitative estimate of drug-likeness (QED) is 0.420. The molecule has 0 atom stereocenters. The molecule has 0 unspecified atom stereocenters. The standard InChI is InChI=1S/C5H7O2.W/c1-3-5(6)7-4-2;/h1,4H2,2H3;/q-1;. The van der Waals surface area contributed by atoms with E-state index in [1.807, 2.05) is 0 Å². The largest absolute Gasteiger partial charge is 0.490 e. The van der Waals surface area contributed by atoms with E-state index in [0.717, 1.165) is 0 Å². The summed E-state index contributed by atoms with van der Waals surface area (Å²) in [6.45, 7) is 5.20. The summed E-state index contributed by atoms with van der Waals surface area (Å²) >= 11 is 0. The van der Waals surface area contributed by atoms with Crippen molar-refractivity contribution in [1.82, 2.24) is 0 Å². The third kappa shape index (κ3) is 5.90. The molecule has 46 valence electrons. The molecule has 0 rings (SSSR count). The maximum Gasteiger partial charge on any atom is 0.147 e. The van der Waals surface area contributed by atoms with Crippen LogP contribution in [0.25, 0.3) is 0 Å². The van der Waals surface area contributed by atoms with Crippen molar-refractivity contribution < 1.29 is 30.6 Å². The molecule has 0 aliphatic heterocycles. The molecule has 0 aromatic heterocycles. The van der Waals surface area contributed by atoms with Crippen LogP contribution in [0.3, 0.4) is 0 Å². The Labute approximate surface area is 63.2 Å². The van der Waals surface area contributed by atoms with Gasteiger partial charge in [-0.15, -0.1) is 0 Å². The topological polar surface area (TPSA) is 26.3 Å². The zero-order chi connectivity index (χ0) is 5.70. The molecule has 3 heteroatoms. The van der Waals surface area contributed by atoms with Crippen molar-refractivity contribution >= 4 is 5.97 Å². The van der Waals surface area contributed by atoms with Gasteiger partial charge in [-0.25, -0.2) is 0 Å². The van der Waals surface area contributed by atoms with Crippen molar-refractivity contribution in [2.45, 2.75) is 6.92 Å². The van der Waals surface area contributed by atoms with Crippen molar-refractivity contribution in [3.8, 4) is 0 Å². The van der Waals surface area contributed by atoms with Gasteiger partial charge < -0.3 is 10.8 Å². The zero-order valence-electron chi connectivity index (χ0n) is 4.64. The fourth-order valence-corrected chi connectivity index (χ4v) is 0.182. The van der Waals surface area contributed by atoms with Gasteiger partial charge in [-0.2, -0.15) is 0 Å². The summed E-state index contributed by atoms with van der Waals surface area (Å²) in [6, 6.07) is 0. The first-order chi connectivity index (χ1) is 3.31. The number of hydrogen-bond donors (Lipinski definition) is 0. The number of ether oxygens (including phenoxy) is 1. The molecule has 0 fully saturated rings. The van der Waals surface area contributed by atoms with Crippen molar-refractivity contribution in [2.75, 3.05) is 6.61 Å². The SMILES string of the molecule is C=[C-]C(=O)OCC.[W]. The van der Waals surface area contributed by atoms with Crippen molar-refractivity contribution in [3.05, 3.63) is 12.7 Å². The molecule has 0 radical (unpaired) electrons. The van der Waals surface area contributed by atoms with Crippen LogP contribution in [-0.4, -0.2) is 12.6 Å². The van der Waals surface area contributed by atoms with Crippen molar-refractivity contribution in [2.24, 2.45) is 0 Å². The maximum atomic E-state index is 10.0. The molecule has 0 heterocycles. The van der Waals surface area contributed by atoms with Gasteiger partial charge in [0.25, 0.3) is 0 Å². The van der Waals surface area contributed by atoms with Gasteiger partial charge in [0.1, 0.15) is 5.97 Å². The average Bonchev–Trinajstić information content (AvgIpc) is 1.68. The maximum absolute atomic E-state index is 10.0. The predicted octanol–water partition coefficient (Wildman–Crippen LogP) is 0.536. The molecule has 0 aliphatic carbocycles. The van der Waals surface area contributed by atoms with E-state index < -0.39 is 5.97 Å². The third-order valence-corrected chi connectivity index (χ3v) is 0.420. The Morgan fingerprint density at radius 1 is 1.88 bits per heavy atom. The molecule has 0 aliphatic rings. The Morgan fingerprint density at radius 2 is 2.38 bits per heavy atom. The van der Waals surface area contributed by atoms with Crippen LogP contribution in [0, 0.1) is 6.08 Å². The van der Waals surface area contributed by atoms with Crippen LogP contribution in [0.4, 0.5) is 0 Å². The van der Waals surface area contributed by atoms with Crippen LogP contribution in [-0.2, 0) is 30.6 Å². The number of carbonyl (C=O) groups is 1. The molecular weight excluding hydrogens is 276 g/mol. The third-order valence-electron chi connectivity index (χ3n) is 0.420. The minimum absolute atomic E-state index is 0. The van der Waals surface area contributed by atoms with E-state index in [4.69, 9.17) is 0 Å². The van der Waals surface area contributed by atoms with E-state index in [-0.39, 0.29) is 21.1 Å². The van der Waals surface area contributed by atoms with Crippen LogP contribution in [0.1, 0.15) is 6.92 Å². The minimum atomic E-state index is -0.484. The molecule has 8 heavy (non-hydrogen) atoms. The monoisotopic (exact) mass is 283 g/mol. The van der Waals surface area contributed by atoms with E-state index in [0.29, 0.717) is 6.61 Å². The molecule has 0 amide bonds. The first-order valence-electron chi connectivity index (χ1n) is 2.01. The number of carbonyl (C=O) groups excluding carboxylic acids is 1. The van der Waals surface area contributed by atoms with Gasteiger partial charge in [0.05, 0.1) is 6.61 Å². The minimum Gasteiger partial charge on any atom is -0.490 e. The fourth-order valence-electron chi connectivity index (χ4n) is 0.182. The number of esters is 1. The second-order valence-corrected chi connectivity index (χ2v) is 0.897. The van der Waals surface area contributed by atoms with Crippen LogP contribution < -0.4 is 0 Å². The second-order valence-electron chi connectivity index (χ2n) is 0.897. The van der Waals surface area contributed by atoms with E-state index in [2.05, 4.69) is 17.4 Å². The van der Waals surface area contributed by atoms with Gasteiger partial charge in [-0.1, -0.05) is 0 Å². The Bertz CT molecular complexity index is 80.5. The Hall–Kier alpha value is -0.102. The van der Waals surface area contributed by atoms with Crippen LogP contribution >= 0.6 is 0 Å². The van der Waals surface area contributed by atoms with E-state index in [1.165, 1.54) is 0 Å². The normalized spacial score (nSPS) is 6.62. The fraction of sp³-hybridized carbons (Fsp3) is 0.400. The number of hydrogen-bond acceptors (Lipinski definition) is 2. The molecule has 0 saturated carbocycles. The second kappa shape index (κ2) is 6.90. The average molecular weight is 283 g/mol. The Balaban J connectivity index is 0. The van der Waals surface area contributed by atoms with Gasteiger partial charge in [0.2, 0.25) is 0 Å².